The Morgan fingerprint density at radius 2 is 2.17 bits per heavy atom. The maximum absolute atomic E-state index is 3.47. The highest BCUT2D eigenvalue weighted by Gasteiger charge is 2.21. The molecule has 0 saturated carbocycles. The van der Waals surface area contributed by atoms with E-state index in [1.165, 1.54) is 36.2 Å². The first-order valence-corrected chi connectivity index (χ1v) is 7.17. The molecule has 0 amide bonds. The van der Waals surface area contributed by atoms with Crippen molar-refractivity contribution in [3.8, 4) is 0 Å². The smallest absolute Gasteiger partial charge is 0.0398 e. The van der Waals surface area contributed by atoms with Gasteiger partial charge in [0.1, 0.15) is 0 Å². The Morgan fingerprint density at radius 3 is 2.72 bits per heavy atom. The fourth-order valence-electron chi connectivity index (χ4n) is 2.76. The minimum absolute atomic E-state index is 0.545. The average molecular weight is 246 g/mol. The van der Waals surface area contributed by atoms with Gasteiger partial charge in [-0.05, 0) is 43.9 Å². The van der Waals surface area contributed by atoms with Gasteiger partial charge in [0, 0.05) is 30.9 Å². The van der Waals surface area contributed by atoms with Crippen LogP contribution in [0, 0.1) is 6.92 Å². The number of aryl methyl sites for hydroxylation is 1. The largest absolute Gasteiger partial charge is 0.369 e. The van der Waals surface area contributed by atoms with Crippen LogP contribution >= 0.6 is 0 Å². The molecule has 18 heavy (non-hydrogen) atoms. The standard InChI is InChI=1S/C16H26N2/c1-12(2)17-11-15-7-8-16(13(3)10-15)18-9-5-6-14(18)4/h7-8,10,12,14,17H,5-6,9,11H2,1-4H3. The van der Waals surface area contributed by atoms with Crippen LogP contribution in [0.15, 0.2) is 18.2 Å². The predicted molar refractivity (Wildman–Crippen MR) is 79.2 cm³/mol. The van der Waals surface area contributed by atoms with Crippen molar-refractivity contribution in [2.75, 3.05) is 11.4 Å². The summed E-state index contributed by atoms with van der Waals surface area (Å²) in [5.41, 5.74) is 4.22. The SMILES string of the molecule is Cc1cc(CNC(C)C)ccc1N1CCCC1C. The van der Waals surface area contributed by atoms with Crippen LogP contribution < -0.4 is 10.2 Å². The minimum atomic E-state index is 0.545. The number of nitrogens with zero attached hydrogens (tertiary/aromatic N) is 1. The number of rotatable bonds is 4. The highest BCUT2D eigenvalue weighted by molar-refractivity contribution is 5.55. The number of benzene rings is 1. The quantitative estimate of drug-likeness (QED) is 0.875. The summed E-state index contributed by atoms with van der Waals surface area (Å²) in [6.07, 6.45) is 2.66. The van der Waals surface area contributed by atoms with Crippen LogP contribution in [0.5, 0.6) is 0 Å². The lowest BCUT2D eigenvalue weighted by Crippen LogP contribution is -2.27. The first kappa shape index (κ1) is 13.4. The number of hydrogen-bond donors (Lipinski definition) is 1. The van der Waals surface area contributed by atoms with Gasteiger partial charge in [0.25, 0.3) is 0 Å². The fraction of sp³-hybridized carbons (Fsp3) is 0.625. The summed E-state index contributed by atoms with van der Waals surface area (Å²) in [7, 11) is 0. The first-order chi connectivity index (χ1) is 8.58. The van der Waals surface area contributed by atoms with Gasteiger partial charge in [-0.1, -0.05) is 26.0 Å². The predicted octanol–water partition coefficient (Wildman–Crippen LogP) is 3.48. The van der Waals surface area contributed by atoms with E-state index in [0.717, 1.165) is 6.54 Å². The van der Waals surface area contributed by atoms with Crippen LogP contribution in [0.3, 0.4) is 0 Å². The Morgan fingerprint density at radius 1 is 1.39 bits per heavy atom. The molecule has 1 saturated heterocycles. The van der Waals surface area contributed by atoms with Gasteiger partial charge in [0.05, 0.1) is 0 Å². The van der Waals surface area contributed by atoms with E-state index in [2.05, 4.69) is 56.1 Å². The second-order valence-corrected chi connectivity index (χ2v) is 5.84. The van der Waals surface area contributed by atoms with Gasteiger partial charge >= 0.3 is 0 Å². The maximum Gasteiger partial charge on any atom is 0.0398 e. The number of nitrogens with one attached hydrogen (secondary N) is 1. The van der Waals surface area contributed by atoms with Crippen molar-refractivity contribution in [2.45, 2.75) is 59.2 Å². The van der Waals surface area contributed by atoms with Crippen LogP contribution in [0.25, 0.3) is 0 Å². The number of hydrogen-bond acceptors (Lipinski definition) is 2. The number of anilines is 1. The van der Waals surface area contributed by atoms with Gasteiger partial charge < -0.3 is 10.2 Å². The van der Waals surface area contributed by atoms with Crippen molar-refractivity contribution < 1.29 is 0 Å². The molecule has 1 unspecified atom stereocenters. The Labute approximate surface area is 111 Å². The lowest BCUT2D eigenvalue weighted by molar-refractivity contribution is 0.588. The molecule has 2 rings (SSSR count). The van der Waals surface area contributed by atoms with Gasteiger partial charge in [0.2, 0.25) is 0 Å². The fourth-order valence-corrected chi connectivity index (χ4v) is 2.76. The van der Waals surface area contributed by atoms with E-state index in [9.17, 15) is 0 Å². The molecule has 0 aromatic heterocycles. The Bertz CT molecular complexity index is 398. The van der Waals surface area contributed by atoms with E-state index < -0.39 is 0 Å². The molecule has 0 bridgehead atoms. The van der Waals surface area contributed by atoms with Crippen molar-refractivity contribution in [1.82, 2.24) is 5.32 Å². The second-order valence-electron chi connectivity index (χ2n) is 5.84. The van der Waals surface area contributed by atoms with E-state index in [0.29, 0.717) is 12.1 Å². The van der Waals surface area contributed by atoms with Crippen molar-refractivity contribution in [3.05, 3.63) is 29.3 Å². The Balaban J connectivity index is 2.09. The molecule has 0 radical (unpaired) electrons. The Kier molecular flexibility index (Phi) is 4.28. The minimum Gasteiger partial charge on any atom is -0.369 e. The first-order valence-electron chi connectivity index (χ1n) is 7.17. The summed E-state index contributed by atoms with van der Waals surface area (Å²) < 4.78 is 0. The van der Waals surface area contributed by atoms with Crippen LogP contribution in [-0.4, -0.2) is 18.6 Å². The van der Waals surface area contributed by atoms with Gasteiger partial charge in [-0.15, -0.1) is 0 Å². The highest BCUT2D eigenvalue weighted by atomic mass is 15.2. The van der Waals surface area contributed by atoms with Gasteiger partial charge in [-0.3, -0.25) is 0 Å². The van der Waals surface area contributed by atoms with Gasteiger partial charge in [-0.2, -0.15) is 0 Å². The van der Waals surface area contributed by atoms with Crippen molar-refractivity contribution in [2.24, 2.45) is 0 Å². The van der Waals surface area contributed by atoms with E-state index in [4.69, 9.17) is 0 Å². The molecular weight excluding hydrogens is 220 g/mol. The zero-order valence-corrected chi connectivity index (χ0v) is 12.2. The molecule has 1 heterocycles. The van der Waals surface area contributed by atoms with Crippen LogP contribution in [0.4, 0.5) is 5.69 Å². The third kappa shape index (κ3) is 3.05. The second kappa shape index (κ2) is 5.75. The van der Waals surface area contributed by atoms with Crippen molar-refractivity contribution in [3.63, 3.8) is 0 Å². The summed E-state index contributed by atoms with van der Waals surface area (Å²) in [6, 6.07) is 8.14. The molecule has 1 aliphatic heterocycles. The third-order valence-electron chi connectivity index (χ3n) is 3.84. The van der Waals surface area contributed by atoms with E-state index in [1.54, 1.807) is 0 Å². The van der Waals surface area contributed by atoms with Crippen molar-refractivity contribution >= 4 is 5.69 Å². The molecule has 100 valence electrons. The molecular formula is C16H26N2. The monoisotopic (exact) mass is 246 g/mol. The molecule has 1 atom stereocenters. The lowest BCUT2D eigenvalue weighted by Gasteiger charge is -2.26. The summed E-state index contributed by atoms with van der Waals surface area (Å²) in [5.74, 6) is 0. The average Bonchev–Trinajstić information content (AvgIpc) is 2.73. The van der Waals surface area contributed by atoms with Gasteiger partial charge in [0.15, 0.2) is 0 Å². The molecule has 1 aromatic carbocycles. The summed E-state index contributed by atoms with van der Waals surface area (Å²) in [4.78, 5) is 2.55. The molecule has 2 heteroatoms. The maximum atomic E-state index is 3.47. The van der Waals surface area contributed by atoms with Crippen LogP contribution in [0.2, 0.25) is 0 Å². The molecule has 0 aliphatic carbocycles. The highest BCUT2D eigenvalue weighted by Crippen LogP contribution is 2.28. The zero-order chi connectivity index (χ0) is 13.1. The third-order valence-corrected chi connectivity index (χ3v) is 3.84. The summed E-state index contributed by atoms with van der Waals surface area (Å²) in [6.45, 7) is 11.1. The summed E-state index contributed by atoms with van der Waals surface area (Å²) in [5, 5.41) is 3.47. The molecule has 1 aliphatic rings. The zero-order valence-electron chi connectivity index (χ0n) is 12.2. The molecule has 1 aromatic rings. The Hall–Kier alpha value is -1.02. The molecule has 1 fully saturated rings. The van der Waals surface area contributed by atoms with Crippen molar-refractivity contribution in [1.29, 1.82) is 0 Å². The van der Waals surface area contributed by atoms with E-state index >= 15 is 0 Å². The lowest BCUT2D eigenvalue weighted by atomic mass is 10.1. The summed E-state index contributed by atoms with van der Waals surface area (Å²) >= 11 is 0. The van der Waals surface area contributed by atoms with E-state index in [-0.39, 0.29) is 0 Å². The van der Waals surface area contributed by atoms with Crippen LogP contribution in [0.1, 0.15) is 44.7 Å². The normalized spacial score (nSPS) is 19.8. The topological polar surface area (TPSA) is 15.3 Å². The molecule has 1 N–H and O–H groups in total. The molecule has 2 nitrogen and oxygen atoms in total. The molecule has 0 spiro atoms. The van der Waals surface area contributed by atoms with Crippen LogP contribution in [-0.2, 0) is 6.54 Å². The van der Waals surface area contributed by atoms with Gasteiger partial charge in [-0.25, -0.2) is 0 Å². The van der Waals surface area contributed by atoms with E-state index in [1.807, 2.05) is 0 Å².